The van der Waals surface area contributed by atoms with E-state index >= 15 is 0 Å². The molecule has 1 aliphatic carbocycles. The highest BCUT2D eigenvalue weighted by Crippen LogP contribution is 2.45. The number of nitrogens with one attached hydrogen (secondary N) is 2. The number of carboxylic acid groups (broad SMARTS) is 1. The molecule has 0 aromatic carbocycles. The van der Waals surface area contributed by atoms with E-state index in [1.165, 1.54) is 19.3 Å². The average Bonchev–Trinajstić information content (AvgIpc) is 2.28. The summed E-state index contributed by atoms with van der Waals surface area (Å²) in [5.41, 5.74) is 0.262. The summed E-state index contributed by atoms with van der Waals surface area (Å²) in [6, 6.07) is 0.142. The van der Waals surface area contributed by atoms with Crippen molar-refractivity contribution in [1.29, 1.82) is 0 Å². The van der Waals surface area contributed by atoms with Gasteiger partial charge in [0.25, 0.3) is 0 Å². The average molecular weight is 170 g/mol. The fourth-order valence-electron chi connectivity index (χ4n) is 2.31. The minimum Gasteiger partial charge on any atom is -0.465 e. The molecule has 2 aliphatic rings. The highest BCUT2D eigenvalue weighted by molar-refractivity contribution is 5.65. The second-order valence-electron chi connectivity index (χ2n) is 3.85. The van der Waals surface area contributed by atoms with Gasteiger partial charge in [0.1, 0.15) is 0 Å². The van der Waals surface area contributed by atoms with E-state index < -0.39 is 6.09 Å². The van der Waals surface area contributed by atoms with Crippen LogP contribution in [-0.4, -0.2) is 30.3 Å². The Bertz CT molecular complexity index is 201. The Morgan fingerprint density at radius 3 is 2.83 bits per heavy atom. The van der Waals surface area contributed by atoms with Gasteiger partial charge in [0, 0.05) is 18.5 Å². The lowest BCUT2D eigenvalue weighted by atomic mass is 9.66. The Morgan fingerprint density at radius 2 is 2.33 bits per heavy atom. The van der Waals surface area contributed by atoms with Gasteiger partial charge < -0.3 is 15.7 Å². The largest absolute Gasteiger partial charge is 0.465 e. The van der Waals surface area contributed by atoms with E-state index in [-0.39, 0.29) is 11.5 Å². The number of carbonyl (C=O) groups is 1. The third kappa shape index (κ3) is 1.06. The Morgan fingerprint density at radius 1 is 1.58 bits per heavy atom. The minimum absolute atomic E-state index is 0.142. The van der Waals surface area contributed by atoms with E-state index in [0.29, 0.717) is 0 Å². The third-order valence-electron chi connectivity index (χ3n) is 3.21. The number of amides is 1. The maximum absolute atomic E-state index is 10.4. The Labute approximate surface area is 71.3 Å². The van der Waals surface area contributed by atoms with Gasteiger partial charge in [-0.15, -0.1) is 0 Å². The molecule has 2 rings (SSSR count). The van der Waals surface area contributed by atoms with Crippen LogP contribution < -0.4 is 10.6 Å². The molecule has 1 heterocycles. The van der Waals surface area contributed by atoms with E-state index in [0.717, 1.165) is 13.1 Å². The van der Waals surface area contributed by atoms with E-state index in [1.54, 1.807) is 0 Å². The SMILES string of the molecule is O=C(O)NC1CNCC12CCC2. The fraction of sp³-hybridized carbons (Fsp3) is 0.875. The Hall–Kier alpha value is -0.770. The predicted molar refractivity (Wildman–Crippen MR) is 44.1 cm³/mol. The lowest BCUT2D eigenvalue weighted by molar-refractivity contribution is 0.113. The molecule has 4 heteroatoms. The monoisotopic (exact) mass is 170 g/mol. The summed E-state index contributed by atoms with van der Waals surface area (Å²) >= 11 is 0. The molecule has 1 aliphatic heterocycles. The summed E-state index contributed by atoms with van der Waals surface area (Å²) < 4.78 is 0. The van der Waals surface area contributed by atoms with Crippen molar-refractivity contribution in [1.82, 2.24) is 10.6 Å². The van der Waals surface area contributed by atoms with E-state index in [9.17, 15) is 4.79 Å². The van der Waals surface area contributed by atoms with Crippen molar-refractivity contribution in [2.45, 2.75) is 25.3 Å². The molecular formula is C8H14N2O2. The molecule has 3 N–H and O–H groups in total. The maximum Gasteiger partial charge on any atom is 0.404 e. The molecule has 1 amide bonds. The highest BCUT2D eigenvalue weighted by atomic mass is 16.4. The molecule has 1 spiro atoms. The van der Waals surface area contributed by atoms with Gasteiger partial charge >= 0.3 is 6.09 Å². The van der Waals surface area contributed by atoms with Crippen LogP contribution in [0.25, 0.3) is 0 Å². The first-order valence-electron chi connectivity index (χ1n) is 4.43. The van der Waals surface area contributed by atoms with Crippen LogP contribution in [0, 0.1) is 5.41 Å². The Kier molecular flexibility index (Phi) is 1.72. The molecule has 1 saturated heterocycles. The molecule has 0 bridgehead atoms. The van der Waals surface area contributed by atoms with Crippen LogP contribution in [0.3, 0.4) is 0 Å². The molecule has 0 radical (unpaired) electrons. The quantitative estimate of drug-likeness (QED) is 0.533. The van der Waals surface area contributed by atoms with Gasteiger partial charge in [-0.05, 0) is 12.8 Å². The van der Waals surface area contributed by atoms with Crippen molar-refractivity contribution in [2.24, 2.45) is 5.41 Å². The first-order valence-corrected chi connectivity index (χ1v) is 4.43. The first kappa shape index (κ1) is 7.86. The minimum atomic E-state index is -0.894. The summed E-state index contributed by atoms with van der Waals surface area (Å²) in [6.45, 7) is 1.78. The lowest BCUT2D eigenvalue weighted by Gasteiger charge is -2.42. The second kappa shape index (κ2) is 2.62. The van der Waals surface area contributed by atoms with Gasteiger partial charge in [0.2, 0.25) is 0 Å². The van der Waals surface area contributed by atoms with Gasteiger partial charge in [-0.3, -0.25) is 0 Å². The van der Waals surface area contributed by atoms with E-state index in [4.69, 9.17) is 5.11 Å². The molecule has 0 aromatic rings. The molecule has 1 atom stereocenters. The number of hydrogen-bond acceptors (Lipinski definition) is 2. The Balaban J connectivity index is 1.99. The summed E-state index contributed by atoms with van der Waals surface area (Å²) in [4.78, 5) is 10.4. The molecule has 1 unspecified atom stereocenters. The van der Waals surface area contributed by atoms with Gasteiger partial charge in [0.05, 0.1) is 6.04 Å². The standard InChI is InChI=1S/C8H14N2O2/c11-7(12)10-6-4-9-5-8(6)2-1-3-8/h6,9-10H,1-5H2,(H,11,12). The second-order valence-corrected chi connectivity index (χ2v) is 3.85. The van der Waals surface area contributed by atoms with Gasteiger partial charge in [0.15, 0.2) is 0 Å². The lowest BCUT2D eigenvalue weighted by Crippen LogP contribution is -2.50. The predicted octanol–water partition coefficient (Wildman–Crippen LogP) is 0.396. The van der Waals surface area contributed by atoms with Crippen LogP contribution in [-0.2, 0) is 0 Å². The van der Waals surface area contributed by atoms with Crippen LogP contribution in [0.5, 0.6) is 0 Å². The van der Waals surface area contributed by atoms with Gasteiger partial charge in [-0.25, -0.2) is 4.79 Å². The number of rotatable bonds is 1. The first-order chi connectivity index (χ1) is 5.73. The van der Waals surface area contributed by atoms with Crippen molar-refractivity contribution >= 4 is 6.09 Å². The highest BCUT2D eigenvalue weighted by Gasteiger charge is 2.47. The molecular weight excluding hydrogens is 156 g/mol. The summed E-state index contributed by atoms with van der Waals surface area (Å²) in [5, 5.41) is 14.4. The zero-order chi connectivity index (χ0) is 8.60. The molecule has 0 aromatic heterocycles. The fourth-order valence-corrected chi connectivity index (χ4v) is 2.31. The van der Waals surface area contributed by atoms with Crippen LogP contribution in [0.2, 0.25) is 0 Å². The van der Waals surface area contributed by atoms with Crippen molar-refractivity contribution in [3.63, 3.8) is 0 Å². The van der Waals surface area contributed by atoms with Crippen molar-refractivity contribution in [3.8, 4) is 0 Å². The summed E-state index contributed by atoms with van der Waals surface area (Å²) in [5.74, 6) is 0. The number of hydrogen-bond donors (Lipinski definition) is 3. The molecule has 12 heavy (non-hydrogen) atoms. The normalized spacial score (nSPS) is 31.5. The maximum atomic E-state index is 10.4. The van der Waals surface area contributed by atoms with Gasteiger partial charge in [-0.2, -0.15) is 0 Å². The summed E-state index contributed by atoms with van der Waals surface area (Å²) in [7, 11) is 0. The van der Waals surface area contributed by atoms with Crippen molar-refractivity contribution in [3.05, 3.63) is 0 Å². The van der Waals surface area contributed by atoms with Crippen LogP contribution >= 0.6 is 0 Å². The smallest absolute Gasteiger partial charge is 0.404 e. The topological polar surface area (TPSA) is 61.4 Å². The van der Waals surface area contributed by atoms with Gasteiger partial charge in [-0.1, -0.05) is 6.42 Å². The molecule has 1 saturated carbocycles. The van der Waals surface area contributed by atoms with Crippen LogP contribution in [0.4, 0.5) is 4.79 Å². The molecule has 68 valence electrons. The zero-order valence-corrected chi connectivity index (χ0v) is 6.97. The molecule has 4 nitrogen and oxygen atoms in total. The van der Waals surface area contributed by atoms with Crippen LogP contribution in [0.15, 0.2) is 0 Å². The van der Waals surface area contributed by atoms with E-state index in [1.807, 2.05) is 0 Å². The third-order valence-corrected chi connectivity index (χ3v) is 3.21. The van der Waals surface area contributed by atoms with Crippen molar-refractivity contribution < 1.29 is 9.90 Å². The van der Waals surface area contributed by atoms with E-state index in [2.05, 4.69) is 10.6 Å². The zero-order valence-electron chi connectivity index (χ0n) is 6.97. The van der Waals surface area contributed by atoms with Crippen LogP contribution in [0.1, 0.15) is 19.3 Å². The summed E-state index contributed by atoms with van der Waals surface area (Å²) in [6.07, 6.45) is 2.70. The van der Waals surface area contributed by atoms with Crippen molar-refractivity contribution in [2.75, 3.05) is 13.1 Å². The molecule has 2 fully saturated rings.